The van der Waals surface area contributed by atoms with Crippen LogP contribution in [0, 0.1) is 0 Å². The van der Waals surface area contributed by atoms with E-state index in [9.17, 15) is 9.59 Å². The molecule has 1 aliphatic rings. The fourth-order valence-electron chi connectivity index (χ4n) is 4.03. The number of hydrogen-bond acceptors (Lipinski definition) is 2. The predicted octanol–water partition coefficient (Wildman–Crippen LogP) is 4.77. The van der Waals surface area contributed by atoms with Gasteiger partial charge >= 0.3 is 0 Å². The molecule has 0 aliphatic carbocycles. The Balaban J connectivity index is 1.53. The lowest BCUT2D eigenvalue weighted by atomic mass is 9.99. The first kappa shape index (κ1) is 18.2. The van der Waals surface area contributed by atoms with Crippen molar-refractivity contribution >= 4 is 12.2 Å². The van der Waals surface area contributed by atoms with Crippen LogP contribution in [0.2, 0.25) is 0 Å². The van der Waals surface area contributed by atoms with Crippen LogP contribution in [0.4, 0.5) is 0 Å². The molecule has 4 rings (SSSR count). The molecule has 1 saturated heterocycles. The summed E-state index contributed by atoms with van der Waals surface area (Å²) in [4.78, 5) is 26.4. The summed E-state index contributed by atoms with van der Waals surface area (Å²) in [6.07, 6.45) is 3.26. The molecule has 3 heteroatoms. The summed E-state index contributed by atoms with van der Waals surface area (Å²) >= 11 is 0. The lowest BCUT2D eigenvalue weighted by molar-refractivity contribution is -0.111. The topological polar surface area (TPSA) is 37.4 Å². The molecule has 0 bridgehead atoms. The summed E-state index contributed by atoms with van der Waals surface area (Å²) in [6, 6.07) is 27.7. The fraction of sp³-hybridized carbons (Fsp3) is 0.200. The molecular weight excluding hydrogens is 346 g/mol. The largest absolute Gasteiger partial charge is 0.326 e. The van der Waals surface area contributed by atoms with Gasteiger partial charge < -0.3 is 9.69 Å². The van der Waals surface area contributed by atoms with E-state index in [2.05, 4.69) is 36.4 Å². The molecule has 1 amide bonds. The first-order chi connectivity index (χ1) is 13.8. The van der Waals surface area contributed by atoms with E-state index in [1.165, 1.54) is 16.7 Å². The maximum atomic E-state index is 13.0. The molecule has 1 heterocycles. The maximum Gasteiger partial charge on any atom is 0.254 e. The molecule has 28 heavy (non-hydrogen) atoms. The fourth-order valence-corrected chi connectivity index (χ4v) is 4.03. The molecule has 0 N–H and O–H groups in total. The van der Waals surface area contributed by atoms with Gasteiger partial charge in [0.25, 0.3) is 5.91 Å². The van der Waals surface area contributed by atoms with Crippen molar-refractivity contribution < 1.29 is 9.59 Å². The van der Waals surface area contributed by atoms with Crippen LogP contribution in [0.1, 0.15) is 28.8 Å². The van der Waals surface area contributed by atoms with Crippen molar-refractivity contribution in [2.75, 3.05) is 0 Å². The Kier molecular flexibility index (Phi) is 5.34. The van der Waals surface area contributed by atoms with Gasteiger partial charge in [-0.15, -0.1) is 0 Å². The first-order valence-electron chi connectivity index (χ1n) is 9.73. The minimum absolute atomic E-state index is 0.0467. The van der Waals surface area contributed by atoms with Gasteiger partial charge in [-0.2, -0.15) is 0 Å². The highest BCUT2D eigenvalue weighted by molar-refractivity contribution is 5.96. The first-order valence-corrected chi connectivity index (χ1v) is 9.73. The van der Waals surface area contributed by atoms with Crippen molar-refractivity contribution in [3.63, 3.8) is 0 Å². The lowest BCUT2D eigenvalue weighted by Crippen LogP contribution is -2.42. The molecule has 0 saturated carbocycles. The molecule has 2 atom stereocenters. The Bertz CT molecular complexity index is 935. The number of rotatable bonds is 5. The molecule has 0 radical (unpaired) electrons. The third kappa shape index (κ3) is 3.74. The molecule has 3 nitrogen and oxygen atoms in total. The molecule has 3 aromatic rings. The van der Waals surface area contributed by atoms with Gasteiger partial charge in [-0.25, -0.2) is 0 Å². The number of nitrogens with zero attached hydrogens (tertiary/aromatic N) is 1. The number of benzene rings is 3. The average molecular weight is 369 g/mol. The van der Waals surface area contributed by atoms with Crippen molar-refractivity contribution in [1.29, 1.82) is 0 Å². The second kappa shape index (κ2) is 8.22. The van der Waals surface area contributed by atoms with Gasteiger partial charge in [-0.3, -0.25) is 4.79 Å². The molecule has 0 spiro atoms. The highest BCUT2D eigenvalue weighted by Crippen LogP contribution is 2.28. The van der Waals surface area contributed by atoms with E-state index in [-0.39, 0.29) is 18.0 Å². The number of carbonyl (C=O) groups is 2. The van der Waals surface area contributed by atoms with Crippen LogP contribution in [0.5, 0.6) is 0 Å². The smallest absolute Gasteiger partial charge is 0.254 e. The number of hydrogen-bond donors (Lipinski definition) is 0. The third-order valence-electron chi connectivity index (χ3n) is 5.49. The van der Waals surface area contributed by atoms with Crippen molar-refractivity contribution in [2.45, 2.75) is 31.3 Å². The van der Waals surface area contributed by atoms with Crippen molar-refractivity contribution in [1.82, 2.24) is 4.90 Å². The Hall–Kier alpha value is -3.20. The number of carbonyl (C=O) groups excluding carboxylic acids is 2. The Morgan fingerprint density at radius 2 is 1.43 bits per heavy atom. The zero-order valence-corrected chi connectivity index (χ0v) is 15.7. The van der Waals surface area contributed by atoms with E-state index in [4.69, 9.17) is 0 Å². The van der Waals surface area contributed by atoms with Gasteiger partial charge in [-0.05, 0) is 48.1 Å². The summed E-state index contributed by atoms with van der Waals surface area (Å²) in [6.45, 7) is 0. The van der Waals surface area contributed by atoms with Gasteiger partial charge in [0.15, 0.2) is 0 Å². The predicted molar refractivity (Wildman–Crippen MR) is 111 cm³/mol. The van der Waals surface area contributed by atoms with Crippen LogP contribution >= 0.6 is 0 Å². The Morgan fingerprint density at radius 3 is 2.07 bits per heavy atom. The van der Waals surface area contributed by atoms with Crippen LogP contribution in [-0.2, 0) is 11.2 Å². The summed E-state index contributed by atoms with van der Waals surface area (Å²) in [5, 5.41) is 0. The van der Waals surface area contributed by atoms with Gasteiger partial charge in [0.05, 0.1) is 6.04 Å². The zero-order valence-electron chi connectivity index (χ0n) is 15.7. The third-order valence-corrected chi connectivity index (χ3v) is 5.49. The van der Waals surface area contributed by atoms with Gasteiger partial charge in [0.2, 0.25) is 0 Å². The van der Waals surface area contributed by atoms with Crippen molar-refractivity contribution in [2.24, 2.45) is 0 Å². The van der Waals surface area contributed by atoms with E-state index in [0.29, 0.717) is 5.56 Å². The molecule has 3 aromatic carbocycles. The molecule has 1 fully saturated rings. The number of aldehydes is 1. The van der Waals surface area contributed by atoms with Crippen LogP contribution in [0.25, 0.3) is 11.1 Å². The number of amides is 1. The van der Waals surface area contributed by atoms with Crippen LogP contribution in [0.3, 0.4) is 0 Å². The Morgan fingerprint density at radius 1 is 0.821 bits per heavy atom. The van der Waals surface area contributed by atoms with E-state index < -0.39 is 0 Å². The van der Waals surface area contributed by atoms with Crippen molar-refractivity contribution in [3.05, 3.63) is 96.1 Å². The van der Waals surface area contributed by atoms with E-state index in [1.54, 1.807) is 4.90 Å². The Labute approximate surface area is 165 Å². The standard InChI is InChI=1S/C25H23NO2/c27-18-24-16-15-23(26(24)25(28)22-9-5-2-6-10-22)17-19-11-13-21(14-12-19)20-7-3-1-4-8-20/h1-14,18,23-24H,15-17H2/t23-,24?/m0/s1. The molecule has 140 valence electrons. The average Bonchev–Trinajstić information content (AvgIpc) is 3.17. The van der Waals surface area contributed by atoms with E-state index in [0.717, 1.165) is 25.5 Å². The summed E-state index contributed by atoms with van der Waals surface area (Å²) in [5.41, 5.74) is 4.19. The van der Waals surface area contributed by atoms with Gasteiger partial charge in [0.1, 0.15) is 6.29 Å². The number of likely N-dealkylation sites (tertiary alicyclic amines) is 1. The quantitative estimate of drug-likeness (QED) is 0.608. The molecular formula is C25H23NO2. The second-order valence-electron chi connectivity index (χ2n) is 7.28. The summed E-state index contributed by atoms with van der Waals surface area (Å²) < 4.78 is 0. The van der Waals surface area contributed by atoms with Crippen molar-refractivity contribution in [3.8, 4) is 11.1 Å². The molecule has 0 aromatic heterocycles. The maximum absolute atomic E-state index is 13.0. The monoisotopic (exact) mass is 369 g/mol. The van der Waals surface area contributed by atoms with Crippen LogP contribution in [-0.4, -0.2) is 29.2 Å². The van der Waals surface area contributed by atoms with Crippen LogP contribution in [0.15, 0.2) is 84.9 Å². The van der Waals surface area contributed by atoms with Gasteiger partial charge in [0, 0.05) is 11.6 Å². The lowest BCUT2D eigenvalue weighted by Gasteiger charge is -2.28. The summed E-state index contributed by atoms with van der Waals surface area (Å²) in [7, 11) is 0. The normalized spacial score (nSPS) is 18.8. The highest BCUT2D eigenvalue weighted by atomic mass is 16.2. The van der Waals surface area contributed by atoms with Crippen LogP contribution < -0.4 is 0 Å². The highest BCUT2D eigenvalue weighted by Gasteiger charge is 2.37. The molecule has 1 aliphatic heterocycles. The minimum Gasteiger partial charge on any atom is -0.326 e. The van der Waals surface area contributed by atoms with Gasteiger partial charge in [-0.1, -0.05) is 72.8 Å². The van der Waals surface area contributed by atoms with E-state index in [1.807, 2.05) is 48.5 Å². The van der Waals surface area contributed by atoms with E-state index >= 15 is 0 Å². The SMILES string of the molecule is O=CC1CC[C@@H](Cc2ccc(-c3ccccc3)cc2)N1C(=O)c1ccccc1. The minimum atomic E-state index is -0.332. The zero-order chi connectivity index (χ0) is 19.3. The summed E-state index contributed by atoms with van der Waals surface area (Å²) in [5.74, 6) is -0.0545. The molecule has 1 unspecified atom stereocenters. The second-order valence-corrected chi connectivity index (χ2v) is 7.28.